The lowest BCUT2D eigenvalue weighted by Crippen LogP contribution is -2.32. The molecule has 41 heavy (non-hydrogen) atoms. The molecule has 3 aromatic carbocycles. The normalized spacial score (nSPS) is 16.3. The van der Waals surface area contributed by atoms with Crippen LogP contribution in [0.4, 0.5) is 0 Å². The van der Waals surface area contributed by atoms with Gasteiger partial charge in [0, 0.05) is 12.1 Å². The quantitative estimate of drug-likeness (QED) is 0.182. The monoisotopic (exact) mass is 558 g/mol. The molecule has 0 spiro atoms. The van der Waals surface area contributed by atoms with E-state index < -0.39 is 17.7 Å². The van der Waals surface area contributed by atoms with E-state index in [-0.39, 0.29) is 11.3 Å². The summed E-state index contributed by atoms with van der Waals surface area (Å²) in [6.45, 7) is 5.88. The molecule has 0 radical (unpaired) electrons. The van der Waals surface area contributed by atoms with Crippen molar-refractivity contribution >= 4 is 17.4 Å². The van der Waals surface area contributed by atoms with Crippen LogP contribution in [0.25, 0.3) is 5.76 Å². The van der Waals surface area contributed by atoms with E-state index in [9.17, 15) is 14.7 Å². The molecular formula is C33H38N2O6. The van der Waals surface area contributed by atoms with Gasteiger partial charge in [-0.15, -0.1) is 0 Å². The third kappa shape index (κ3) is 6.89. The van der Waals surface area contributed by atoms with Crippen LogP contribution in [0.15, 0.2) is 72.3 Å². The van der Waals surface area contributed by atoms with Crippen LogP contribution in [-0.2, 0) is 16.2 Å². The fraction of sp³-hybridized carbons (Fsp3) is 0.333. The summed E-state index contributed by atoms with van der Waals surface area (Å²) < 4.78 is 17.1. The fourth-order valence-electron chi connectivity index (χ4n) is 4.98. The molecule has 1 aliphatic rings. The first-order valence-corrected chi connectivity index (χ1v) is 13.8. The van der Waals surface area contributed by atoms with Gasteiger partial charge in [0.2, 0.25) is 0 Å². The van der Waals surface area contributed by atoms with Gasteiger partial charge in [-0.1, -0.05) is 35.9 Å². The summed E-state index contributed by atoms with van der Waals surface area (Å²) >= 11 is 0. The highest BCUT2D eigenvalue weighted by atomic mass is 16.5. The zero-order chi connectivity index (χ0) is 29.5. The van der Waals surface area contributed by atoms with Crippen LogP contribution in [0.5, 0.6) is 17.2 Å². The number of carbonyl (C=O) groups excluding carboxylic acids is 2. The second-order valence-electron chi connectivity index (χ2n) is 10.3. The Kier molecular flexibility index (Phi) is 9.68. The second-order valence-corrected chi connectivity index (χ2v) is 10.3. The number of aryl methyl sites for hydroxylation is 1. The van der Waals surface area contributed by atoms with E-state index in [0.717, 1.165) is 17.7 Å². The van der Waals surface area contributed by atoms with Gasteiger partial charge in [-0.05, 0) is 88.4 Å². The summed E-state index contributed by atoms with van der Waals surface area (Å²) in [4.78, 5) is 30.2. The van der Waals surface area contributed by atoms with Gasteiger partial charge in [0.05, 0.1) is 25.3 Å². The highest BCUT2D eigenvalue weighted by Crippen LogP contribution is 2.42. The first-order chi connectivity index (χ1) is 19.7. The molecule has 1 atom stereocenters. The number of nitrogens with zero attached hydrogens (tertiary/aromatic N) is 2. The maximum Gasteiger partial charge on any atom is 0.295 e. The minimum atomic E-state index is -0.779. The Labute approximate surface area is 241 Å². The number of likely N-dealkylation sites (tertiary alicyclic amines) is 1. The van der Waals surface area contributed by atoms with Crippen molar-refractivity contribution in [2.45, 2.75) is 32.9 Å². The fourth-order valence-corrected chi connectivity index (χ4v) is 4.98. The molecule has 216 valence electrons. The average Bonchev–Trinajstić information content (AvgIpc) is 3.21. The van der Waals surface area contributed by atoms with E-state index in [1.54, 1.807) is 42.5 Å². The molecule has 1 N–H and O–H groups in total. The number of rotatable bonds is 12. The number of hydrogen-bond acceptors (Lipinski definition) is 7. The molecule has 0 bridgehead atoms. The Balaban J connectivity index is 1.68. The second kappa shape index (κ2) is 13.4. The largest absolute Gasteiger partial charge is 0.507 e. The van der Waals surface area contributed by atoms with E-state index >= 15 is 0 Å². The standard InChI is InChI=1S/C33H38N2O6/c1-6-40-27-16-13-25(20-28(27)39-5)30-29(32(37)33(38)35(30)18-8-17-34(3)4)31(36)24-11-14-26(15-12-24)41-21-23-10-7-9-22(2)19-23/h7,9-16,19-20,30,36H,6,8,17-18,21H2,1-5H3. The summed E-state index contributed by atoms with van der Waals surface area (Å²) in [6, 6.07) is 19.5. The summed E-state index contributed by atoms with van der Waals surface area (Å²) in [6.07, 6.45) is 0.664. The zero-order valence-corrected chi connectivity index (χ0v) is 24.3. The Hall–Kier alpha value is -4.30. The minimum Gasteiger partial charge on any atom is -0.507 e. The van der Waals surface area contributed by atoms with Crippen molar-refractivity contribution < 1.29 is 28.9 Å². The maximum absolute atomic E-state index is 13.4. The van der Waals surface area contributed by atoms with Crippen molar-refractivity contribution in [2.24, 2.45) is 0 Å². The topological polar surface area (TPSA) is 88.5 Å². The van der Waals surface area contributed by atoms with Crippen molar-refractivity contribution in [3.8, 4) is 17.2 Å². The van der Waals surface area contributed by atoms with E-state index in [1.807, 2.05) is 51.0 Å². The average molecular weight is 559 g/mol. The van der Waals surface area contributed by atoms with Crippen LogP contribution in [0, 0.1) is 6.92 Å². The SMILES string of the molecule is CCOc1ccc(C2C(=C(O)c3ccc(OCc4cccc(C)c4)cc3)C(=O)C(=O)N2CCCN(C)C)cc1OC. The number of hydrogen-bond donors (Lipinski definition) is 1. The Bertz CT molecular complexity index is 1410. The highest BCUT2D eigenvalue weighted by molar-refractivity contribution is 6.46. The molecule has 1 amide bonds. The first kappa shape index (κ1) is 29.7. The molecule has 8 heteroatoms. The van der Waals surface area contributed by atoms with Crippen LogP contribution in [0.1, 0.15) is 41.6 Å². The van der Waals surface area contributed by atoms with E-state index in [1.165, 1.54) is 12.0 Å². The smallest absolute Gasteiger partial charge is 0.295 e. The summed E-state index contributed by atoms with van der Waals surface area (Å²) in [7, 11) is 5.45. The van der Waals surface area contributed by atoms with Crippen molar-refractivity contribution in [1.29, 1.82) is 0 Å². The number of benzene rings is 3. The van der Waals surface area contributed by atoms with Crippen molar-refractivity contribution in [3.05, 3.63) is 94.6 Å². The molecule has 1 unspecified atom stereocenters. The van der Waals surface area contributed by atoms with Gasteiger partial charge in [0.15, 0.2) is 11.5 Å². The van der Waals surface area contributed by atoms with Gasteiger partial charge in [-0.25, -0.2) is 0 Å². The lowest BCUT2D eigenvalue weighted by Gasteiger charge is -2.26. The number of ether oxygens (including phenoxy) is 3. The van der Waals surface area contributed by atoms with Gasteiger partial charge in [-0.2, -0.15) is 0 Å². The van der Waals surface area contributed by atoms with Crippen molar-refractivity contribution in [1.82, 2.24) is 9.80 Å². The van der Waals surface area contributed by atoms with Gasteiger partial charge in [0.1, 0.15) is 18.1 Å². The van der Waals surface area contributed by atoms with Crippen LogP contribution >= 0.6 is 0 Å². The molecule has 0 aliphatic carbocycles. The molecule has 1 fully saturated rings. The molecule has 1 aliphatic heterocycles. The van der Waals surface area contributed by atoms with Crippen LogP contribution < -0.4 is 14.2 Å². The molecule has 1 heterocycles. The third-order valence-electron chi connectivity index (χ3n) is 6.96. The predicted octanol–water partition coefficient (Wildman–Crippen LogP) is 5.35. The Morgan fingerprint density at radius 3 is 2.39 bits per heavy atom. The molecule has 3 aromatic rings. The van der Waals surface area contributed by atoms with Crippen molar-refractivity contribution in [3.63, 3.8) is 0 Å². The lowest BCUT2D eigenvalue weighted by molar-refractivity contribution is -0.139. The summed E-state index contributed by atoms with van der Waals surface area (Å²) in [5.74, 6) is 0.0793. The Morgan fingerprint density at radius 1 is 0.976 bits per heavy atom. The molecule has 0 saturated carbocycles. The maximum atomic E-state index is 13.4. The molecule has 1 saturated heterocycles. The highest BCUT2D eigenvalue weighted by Gasteiger charge is 2.46. The van der Waals surface area contributed by atoms with Crippen LogP contribution in [-0.4, -0.2) is 67.5 Å². The van der Waals surface area contributed by atoms with Gasteiger partial charge >= 0.3 is 0 Å². The number of Topliss-reactive ketones (excluding diaryl/α,β-unsaturated/α-hetero) is 1. The minimum absolute atomic E-state index is 0.0412. The lowest BCUT2D eigenvalue weighted by atomic mass is 9.95. The van der Waals surface area contributed by atoms with Gasteiger partial charge in [-0.3, -0.25) is 9.59 Å². The van der Waals surface area contributed by atoms with E-state index in [4.69, 9.17) is 14.2 Å². The van der Waals surface area contributed by atoms with Gasteiger partial charge in [0.25, 0.3) is 11.7 Å². The van der Waals surface area contributed by atoms with Gasteiger partial charge < -0.3 is 29.1 Å². The number of methoxy groups -OCH3 is 1. The summed E-state index contributed by atoms with van der Waals surface area (Å²) in [5.41, 5.74) is 3.32. The summed E-state index contributed by atoms with van der Waals surface area (Å²) in [5, 5.41) is 11.4. The molecule has 0 aromatic heterocycles. The number of aliphatic hydroxyl groups excluding tert-OH is 1. The van der Waals surface area contributed by atoms with Crippen molar-refractivity contribution in [2.75, 3.05) is 40.9 Å². The van der Waals surface area contributed by atoms with E-state index in [0.29, 0.717) is 54.6 Å². The third-order valence-corrected chi connectivity index (χ3v) is 6.96. The molecule has 4 rings (SSSR count). The predicted molar refractivity (Wildman–Crippen MR) is 158 cm³/mol. The number of carbonyl (C=O) groups is 2. The van der Waals surface area contributed by atoms with Crippen LogP contribution in [0.3, 0.4) is 0 Å². The number of aliphatic hydroxyl groups is 1. The Morgan fingerprint density at radius 2 is 1.73 bits per heavy atom. The molecular weight excluding hydrogens is 520 g/mol. The number of amides is 1. The molecule has 8 nitrogen and oxygen atoms in total. The van der Waals surface area contributed by atoms with Crippen LogP contribution in [0.2, 0.25) is 0 Å². The number of ketones is 1. The van der Waals surface area contributed by atoms with E-state index in [2.05, 4.69) is 6.07 Å². The zero-order valence-electron chi connectivity index (χ0n) is 24.3. The first-order valence-electron chi connectivity index (χ1n) is 13.8.